The molecule has 1 atom stereocenters. The van der Waals surface area contributed by atoms with Crippen molar-refractivity contribution in [2.24, 2.45) is 5.92 Å². The lowest BCUT2D eigenvalue weighted by molar-refractivity contribution is -0.120. The molecule has 3 aromatic rings. The van der Waals surface area contributed by atoms with Crippen LogP contribution in [-0.4, -0.2) is 32.6 Å². The summed E-state index contributed by atoms with van der Waals surface area (Å²) in [4.78, 5) is 21.6. The maximum atomic E-state index is 13.8. The molecule has 4 rings (SSSR count). The van der Waals surface area contributed by atoms with Crippen LogP contribution >= 0.6 is 0 Å². The van der Waals surface area contributed by atoms with Crippen LogP contribution in [0.1, 0.15) is 12.0 Å². The SMILES string of the molecule is O=C1[C@H](Cc2ccc(F)nc2)CCN1c1ccc(-c2ccncc2F)nn1. The van der Waals surface area contributed by atoms with Crippen molar-refractivity contribution in [1.82, 2.24) is 20.2 Å². The first-order valence-corrected chi connectivity index (χ1v) is 8.47. The number of amides is 1. The quantitative estimate of drug-likeness (QED) is 0.663. The van der Waals surface area contributed by atoms with E-state index in [0.29, 0.717) is 36.5 Å². The Morgan fingerprint density at radius 2 is 1.96 bits per heavy atom. The number of rotatable bonds is 4. The summed E-state index contributed by atoms with van der Waals surface area (Å²) in [5.41, 5.74) is 1.49. The molecule has 0 spiro atoms. The van der Waals surface area contributed by atoms with Crippen LogP contribution in [0, 0.1) is 17.7 Å². The molecular formula is C19H15F2N5O. The van der Waals surface area contributed by atoms with Crippen molar-refractivity contribution in [1.29, 1.82) is 0 Å². The number of hydrogen-bond donors (Lipinski definition) is 0. The van der Waals surface area contributed by atoms with E-state index in [4.69, 9.17) is 0 Å². The normalized spacial score (nSPS) is 16.7. The molecule has 1 saturated heterocycles. The van der Waals surface area contributed by atoms with Gasteiger partial charge in [0.2, 0.25) is 11.9 Å². The smallest absolute Gasteiger partial charge is 0.231 e. The highest BCUT2D eigenvalue weighted by Crippen LogP contribution is 2.27. The molecule has 3 aromatic heterocycles. The van der Waals surface area contributed by atoms with E-state index < -0.39 is 11.8 Å². The molecule has 0 saturated carbocycles. The Bertz CT molecular complexity index is 963. The fraction of sp³-hybridized carbons (Fsp3) is 0.211. The standard InChI is InChI=1S/C19H15F2N5O/c20-15-11-22-7-5-14(15)16-2-4-18(25-24-16)26-8-6-13(19(26)27)9-12-1-3-17(21)23-10-12/h1-5,7,10-11,13H,6,8-9H2/t13-/m0/s1. The number of nitrogens with zero attached hydrogens (tertiary/aromatic N) is 5. The summed E-state index contributed by atoms with van der Waals surface area (Å²) in [6, 6.07) is 7.73. The highest BCUT2D eigenvalue weighted by atomic mass is 19.1. The van der Waals surface area contributed by atoms with Crippen LogP contribution in [0.2, 0.25) is 0 Å². The van der Waals surface area contributed by atoms with Gasteiger partial charge in [-0.3, -0.25) is 14.7 Å². The number of aromatic nitrogens is 4. The number of pyridine rings is 2. The average Bonchev–Trinajstić information content (AvgIpc) is 3.05. The number of halogens is 2. The molecule has 1 amide bonds. The molecule has 1 aliphatic rings. The maximum absolute atomic E-state index is 13.8. The van der Waals surface area contributed by atoms with Gasteiger partial charge < -0.3 is 0 Å². The van der Waals surface area contributed by atoms with E-state index in [1.165, 1.54) is 24.5 Å². The Morgan fingerprint density at radius 1 is 1.07 bits per heavy atom. The van der Waals surface area contributed by atoms with Gasteiger partial charge in [0.05, 0.1) is 11.9 Å². The van der Waals surface area contributed by atoms with Crippen molar-refractivity contribution < 1.29 is 13.6 Å². The highest BCUT2D eigenvalue weighted by Gasteiger charge is 2.33. The molecule has 4 heterocycles. The predicted octanol–water partition coefficient (Wildman–Crippen LogP) is 2.81. The van der Waals surface area contributed by atoms with Crippen molar-refractivity contribution in [3.8, 4) is 11.3 Å². The first kappa shape index (κ1) is 17.1. The number of hydrogen-bond acceptors (Lipinski definition) is 5. The molecule has 8 heteroatoms. The second-order valence-corrected chi connectivity index (χ2v) is 6.30. The van der Waals surface area contributed by atoms with E-state index >= 15 is 0 Å². The zero-order chi connectivity index (χ0) is 18.8. The summed E-state index contributed by atoms with van der Waals surface area (Å²) in [5, 5.41) is 8.13. The maximum Gasteiger partial charge on any atom is 0.231 e. The molecule has 0 radical (unpaired) electrons. The molecule has 27 heavy (non-hydrogen) atoms. The Labute approximate surface area is 153 Å². The third-order valence-corrected chi connectivity index (χ3v) is 4.56. The van der Waals surface area contributed by atoms with Crippen LogP contribution in [0.5, 0.6) is 0 Å². The fourth-order valence-corrected chi connectivity index (χ4v) is 3.16. The molecule has 1 fully saturated rings. The van der Waals surface area contributed by atoms with E-state index in [2.05, 4.69) is 20.2 Å². The Morgan fingerprint density at radius 3 is 2.67 bits per heavy atom. The summed E-state index contributed by atoms with van der Waals surface area (Å²) >= 11 is 0. The van der Waals surface area contributed by atoms with Gasteiger partial charge in [-0.05, 0) is 42.7 Å². The molecule has 0 unspecified atom stereocenters. The fourth-order valence-electron chi connectivity index (χ4n) is 3.16. The largest absolute Gasteiger partial charge is 0.295 e. The summed E-state index contributed by atoms with van der Waals surface area (Å²) in [5.74, 6) is -0.866. The molecule has 6 nitrogen and oxygen atoms in total. The molecule has 0 N–H and O–H groups in total. The second kappa shape index (κ2) is 7.14. The van der Waals surface area contributed by atoms with Crippen molar-refractivity contribution in [3.05, 3.63) is 66.3 Å². The van der Waals surface area contributed by atoms with E-state index in [1.54, 1.807) is 23.1 Å². The molecule has 1 aliphatic heterocycles. The van der Waals surface area contributed by atoms with Gasteiger partial charge in [0.15, 0.2) is 11.6 Å². The predicted molar refractivity (Wildman–Crippen MR) is 93.6 cm³/mol. The van der Waals surface area contributed by atoms with Gasteiger partial charge in [0.1, 0.15) is 0 Å². The Hall–Kier alpha value is -3.29. The minimum absolute atomic E-state index is 0.0588. The third-order valence-electron chi connectivity index (χ3n) is 4.56. The van der Waals surface area contributed by atoms with Gasteiger partial charge in [0, 0.05) is 30.4 Å². The number of anilines is 1. The van der Waals surface area contributed by atoms with Gasteiger partial charge in [-0.25, -0.2) is 9.37 Å². The van der Waals surface area contributed by atoms with Crippen molar-refractivity contribution >= 4 is 11.7 Å². The topological polar surface area (TPSA) is 71.9 Å². The van der Waals surface area contributed by atoms with E-state index in [9.17, 15) is 13.6 Å². The van der Waals surface area contributed by atoms with Crippen molar-refractivity contribution in [3.63, 3.8) is 0 Å². The first-order valence-electron chi connectivity index (χ1n) is 8.47. The first-order chi connectivity index (χ1) is 13.1. The molecule has 0 aromatic carbocycles. The third kappa shape index (κ3) is 3.51. The van der Waals surface area contributed by atoms with Gasteiger partial charge in [0.25, 0.3) is 0 Å². The minimum Gasteiger partial charge on any atom is -0.295 e. The van der Waals surface area contributed by atoms with Crippen LogP contribution in [-0.2, 0) is 11.2 Å². The van der Waals surface area contributed by atoms with E-state index in [1.807, 2.05) is 0 Å². The summed E-state index contributed by atoms with van der Waals surface area (Å²) in [7, 11) is 0. The lowest BCUT2D eigenvalue weighted by atomic mass is 9.99. The average molecular weight is 367 g/mol. The Balaban J connectivity index is 1.48. The van der Waals surface area contributed by atoms with Gasteiger partial charge in [-0.15, -0.1) is 10.2 Å². The van der Waals surface area contributed by atoms with Gasteiger partial charge in [-0.2, -0.15) is 4.39 Å². The van der Waals surface area contributed by atoms with Gasteiger partial charge in [-0.1, -0.05) is 6.07 Å². The molecular weight excluding hydrogens is 352 g/mol. The number of carbonyl (C=O) groups is 1. The number of carbonyl (C=O) groups excluding carboxylic acids is 1. The van der Waals surface area contributed by atoms with Crippen molar-refractivity contribution in [2.45, 2.75) is 12.8 Å². The van der Waals surface area contributed by atoms with Crippen molar-refractivity contribution in [2.75, 3.05) is 11.4 Å². The Kier molecular flexibility index (Phi) is 4.53. The molecule has 0 bridgehead atoms. The minimum atomic E-state index is -0.542. The van der Waals surface area contributed by atoms with Gasteiger partial charge >= 0.3 is 0 Å². The lowest BCUT2D eigenvalue weighted by Crippen LogP contribution is -2.28. The molecule has 0 aliphatic carbocycles. The van der Waals surface area contributed by atoms with Crippen LogP contribution in [0.25, 0.3) is 11.3 Å². The van der Waals surface area contributed by atoms with E-state index in [0.717, 1.165) is 11.8 Å². The van der Waals surface area contributed by atoms with E-state index in [-0.39, 0.29) is 11.8 Å². The summed E-state index contributed by atoms with van der Waals surface area (Å²) < 4.78 is 26.7. The zero-order valence-corrected chi connectivity index (χ0v) is 14.2. The second-order valence-electron chi connectivity index (χ2n) is 6.30. The lowest BCUT2D eigenvalue weighted by Gasteiger charge is -2.15. The van der Waals surface area contributed by atoms with Crippen LogP contribution in [0.4, 0.5) is 14.6 Å². The highest BCUT2D eigenvalue weighted by molar-refractivity contribution is 5.96. The molecule has 136 valence electrons. The monoisotopic (exact) mass is 367 g/mol. The van der Waals surface area contributed by atoms with Crippen LogP contribution in [0.15, 0.2) is 48.9 Å². The summed E-state index contributed by atoms with van der Waals surface area (Å²) in [6.07, 6.45) is 5.20. The zero-order valence-electron chi connectivity index (χ0n) is 14.2. The van der Waals surface area contributed by atoms with Crippen LogP contribution in [0.3, 0.4) is 0 Å². The summed E-state index contributed by atoms with van der Waals surface area (Å²) in [6.45, 7) is 0.524. The van der Waals surface area contributed by atoms with Crippen LogP contribution < -0.4 is 4.90 Å².